The number of ether oxygens (including phenoxy) is 1. The Labute approximate surface area is 115 Å². The molecule has 4 heteroatoms. The van der Waals surface area contributed by atoms with Gasteiger partial charge < -0.3 is 14.7 Å². The van der Waals surface area contributed by atoms with E-state index in [1.165, 1.54) is 0 Å². The number of hydrogen-bond acceptors (Lipinski definition) is 3. The summed E-state index contributed by atoms with van der Waals surface area (Å²) >= 11 is 0. The molecule has 3 nitrogen and oxygen atoms in total. The molecule has 1 aromatic carbocycles. The van der Waals surface area contributed by atoms with Crippen molar-refractivity contribution in [2.75, 3.05) is 20.2 Å². The van der Waals surface area contributed by atoms with Gasteiger partial charge in [-0.05, 0) is 31.0 Å². The van der Waals surface area contributed by atoms with Crippen LogP contribution < -0.4 is 39.1 Å². The molecule has 0 aromatic heterocycles. The first-order valence-corrected chi connectivity index (χ1v) is 5.43. The summed E-state index contributed by atoms with van der Waals surface area (Å²) in [5.41, 5.74) is 0. The molecule has 0 bridgehead atoms. The molecular weight excluding hydrogens is 209 g/mol. The fraction of sp³-hybridized carbons (Fsp3) is 0.385. The minimum Gasteiger partial charge on any atom is -0.860 e. The van der Waals surface area contributed by atoms with Crippen LogP contribution in [0.2, 0.25) is 0 Å². The van der Waals surface area contributed by atoms with Gasteiger partial charge in [-0.3, -0.25) is 0 Å². The van der Waals surface area contributed by atoms with Gasteiger partial charge in [-0.1, -0.05) is 18.7 Å². The van der Waals surface area contributed by atoms with Crippen molar-refractivity contribution in [3.05, 3.63) is 28.6 Å². The van der Waals surface area contributed by atoms with E-state index < -0.39 is 0 Å². The third-order valence-electron chi connectivity index (χ3n) is 2.60. The van der Waals surface area contributed by atoms with Gasteiger partial charge in [-0.15, -0.1) is 0 Å². The molecule has 1 rings (SSSR count). The van der Waals surface area contributed by atoms with Crippen molar-refractivity contribution in [3.63, 3.8) is 0 Å². The predicted molar refractivity (Wildman–Crippen MR) is 64.1 cm³/mol. The van der Waals surface area contributed by atoms with E-state index >= 15 is 0 Å². The first kappa shape index (κ1) is 16.0. The number of nitrogens with zero attached hydrogens (tertiary/aromatic N) is 1. The van der Waals surface area contributed by atoms with Crippen molar-refractivity contribution >= 4 is 12.5 Å². The molecule has 0 aliphatic heterocycles. The zero-order chi connectivity index (χ0) is 12.1. The Morgan fingerprint density at radius 2 is 1.94 bits per heavy atom. The van der Waals surface area contributed by atoms with Crippen LogP contribution in [0, 0.1) is 0 Å². The molecule has 0 unspecified atom stereocenters. The van der Waals surface area contributed by atoms with Crippen molar-refractivity contribution in [1.82, 2.24) is 4.90 Å². The minimum absolute atomic E-state index is 0. The molecule has 88 valence electrons. The fourth-order valence-corrected chi connectivity index (χ4v) is 1.66. The number of rotatable bonds is 4. The molecule has 17 heavy (non-hydrogen) atoms. The summed E-state index contributed by atoms with van der Waals surface area (Å²) in [7, 11) is 1.56. The van der Waals surface area contributed by atoms with Crippen LogP contribution in [0.15, 0.2) is 18.2 Å². The monoisotopic (exact) mass is 227 g/mol. The Morgan fingerprint density at radius 3 is 2.41 bits per heavy atom. The largest absolute Gasteiger partial charge is 1.00 e. The Kier molecular flexibility index (Phi) is 6.87. The minimum atomic E-state index is -0.0209. The molecule has 0 atom stereocenters. The van der Waals surface area contributed by atoms with Crippen molar-refractivity contribution < 1.29 is 28.7 Å². The molecule has 0 amide bonds. The van der Waals surface area contributed by atoms with E-state index in [9.17, 15) is 5.11 Å². The van der Waals surface area contributed by atoms with Crippen molar-refractivity contribution in [2.45, 2.75) is 13.8 Å². The maximum absolute atomic E-state index is 12.2. The van der Waals surface area contributed by atoms with E-state index in [0.717, 1.165) is 0 Å². The zero-order valence-electron chi connectivity index (χ0n) is 11.1. The summed E-state index contributed by atoms with van der Waals surface area (Å²) in [6.07, 6.45) is 0. The molecule has 0 aliphatic rings. The molecule has 1 aromatic rings. The average molecular weight is 227 g/mol. The van der Waals surface area contributed by atoms with E-state index in [2.05, 4.69) is 6.58 Å². The molecule has 0 saturated carbocycles. The second-order valence-electron chi connectivity index (χ2n) is 3.47. The van der Waals surface area contributed by atoms with E-state index in [4.69, 9.17) is 4.74 Å². The third kappa shape index (κ3) is 3.46. The maximum Gasteiger partial charge on any atom is 1.00 e. The Morgan fingerprint density at radius 1 is 1.35 bits per heavy atom. The van der Waals surface area contributed by atoms with Gasteiger partial charge >= 0.3 is 18.9 Å². The molecule has 0 saturated heterocycles. The number of benzene rings is 1. The van der Waals surface area contributed by atoms with E-state index in [-0.39, 0.29) is 24.7 Å². The quantitative estimate of drug-likeness (QED) is 0.511. The second-order valence-corrected chi connectivity index (χ2v) is 3.47. The van der Waals surface area contributed by atoms with Crippen molar-refractivity contribution in [1.29, 1.82) is 0 Å². The van der Waals surface area contributed by atoms with E-state index in [1.807, 2.05) is 26.0 Å². The molecule has 0 aliphatic carbocycles. The third-order valence-corrected chi connectivity index (χ3v) is 2.60. The first-order valence-electron chi connectivity index (χ1n) is 5.43. The summed E-state index contributed by atoms with van der Waals surface area (Å²) in [5, 5.41) is 13.5. The molecule has 0 N–H and O–H groups in total. The predicted octanol–water partition coefficient (Wildman–Crippen LogP) is -3.12. The van der Waals surface area contributed by atoms with Crippen LogP contribution >= 0.6 is 0 Å². The van der Waals surface area contributed by atoms with Gasteiger partial charge in [0.2, 0.25) is 0 Å². The van der Waals surface area contributed by atoms with Crippen LogP contribution in [0.3, 0.4) is 0 Å². The topological polar surface area (TPSA) is 35.5 Å². The van der Waals surface area contributed by atoms with E-state index in [1.54, 1.807) is 18.1 Å². The Hall–Kier alpha value is -1.04. The molecule has 0 fully saturated rings. The summed E-state index contributed by atoms with van der Waals surface area (Å²) in [6.45, 7) is 9.16. The summed E-state index contributed by atoms with van der Waals surface area (Å²) in [4.78, 5) is 1.76. The molecule has 0 heterocycles. The smallest absolute Gasteiger partial charge is 0.860 e. The summed E-state index contributed by atoms with van der Waals surface area (Å²) in [6, 6.07) is 5.44. The van der Waals surface area contributed by atoms with Crippen LogP contribution in [-0.2, 0) is 0 Å². The summed E-state index contributed by atoms with van der Waals surface area (Å²) < 4.78 is 5.20. The fourth-order valence-electron chi connectivity index (χ4n) is 1.66. The zero-order valence-corrected chi connectivity index (χ0v) is 11.1. The average Bonchev–Trinajstić information content (AvgIpc) is 2.29. The summed E-state index contributed by atoms with van der Waals surface area (Å²) in [5.74, 6) is 0.567. The van der Waals surface area contributed by atoms with Gasteiger partial charge in [0.05, 0.1) is 7.11 Å². The van der Waals surface area contributed by atoms with Gasteiger partial charge in [0.25, 0.3) is 0 Å². The van der Waals surface area contributed by atoms with Crippen LogP contribution in [0.5, 0.6) is 5.75 Å². The van der Waals surface area contributed by atoms with Gasteiger partial charge in [0.1, 0.15) is 5.75 Å². The van der Waals surface area contributed by atoms with Crippen LogP contribution in [-0.4, -0.2) is 25.1 Å². The van der Waals surface area contributed by atoms with E-state index in [0.29, 0.717) is 29.3 Å². The first-order chi connectivity index (χ1) is 7.65. The molecule has 0 spiro atoms. The van der Waals surface area contributed by atoms with Crippen molar-refractivity contribution in [2.24, 2.45) is 0 Å². The van der Waals surface area contributed by atoms with Gasteiger partial charge in [-0.2, -0.15) is 0 Å². The Bertz CT molecular complexity index is 455. The maximum atomic E-state index is 12.2. The SMILES string of the molecule is C=c1cccc(OC)/c1=C(/[O-])N(CC)CC.[Li+]. The van der Waals surface area contributed by atoms with Crippen LogP contribution in [0.4, 0.5) is 0 Å². The number of methoxy groups -OCH3 is 1. The van der Waals surface area contributed by atoms with Crippen LogP contribution in [0.1, 0.15) is 13.8 Å². The Balaban J connectivity index is 0.00000256. The van der Waals surface area contributed by atoms with Gasteiger partial charge in [0, 0.05) is 18.3 Å². The molecule has 0 radical (unpaired) electrons. The normalized spacial score (nSPS) is 11.5. The van der Waals surface area contributed by atoms with Gasteiger partial charge in [0.15, 0.2) is 0 Å². The number of hydrogen-bond donors (Lipinski definition) is 0. The van der Waals surface area contributed by atoms with Crippen molar-refractivity contribution in [3.8, 4) is 5.75 Å². The van der Waals surface area contributed by atoms with Crippen LogP contribution in [0.25, 0.3) is 12.5 Å². The molecular formula is C13H18LiNO2. The second kappa shape index (κ2) is 7.32. The van der Waals surface area contributed by atoms with Gasteiger partial charge in [-0.25, -0.2) is 0 Å². The standard InChI is InChI=1S/C13H19NO2.Li/c1-5-14(6-2)13(15)12-10(3)8-7-9-11(12)16-4;/h7-9,15H,3,5-6H2,1-2,4H3;/q;+1/p-1/b13-12+;.